The standard InChI is InChI=1S/C25H27NO3S/c1-20-7-5-6-10-25(20)29-23-11-13-24(14-12-23)30(27,28)26-17-15-22(16-18-26)19-21-8-3-2-4-9-21/h2-14,22H,15-19H2,1H3. The van der Waals surface area contributed by atoms with E-state index in [2.05, 4.69) is 24.3 Å². The van der Waals surface area contributed by atoms with Gasteiger partial charge in [0.15, 0.2) is 0 Å². The largest absolute Gasteiger partial charge is 0.457 e. The van der Waals surface area contributed by atoms with Crippen LogP contribution in [0.5, 0.6) is 11.5 Å². The highest BCUT2D eigenvalue weighted by Crippen LogP contribution is 2.29. The molecule has 0 spiro atoms. The second-order valence-electron chi connectivity index (χ2n) is 7.88. The summed E-state index contributed by atoms with van der Waals surface area (Å²) in [7, 11) is -3.48. The average Bonchev–Trinajstić information content (AvgIpc) is 2.77. The van der Waals surface area contributed by atoms with Crippen molar-refractivity contribution in [1.29, 1.82) is 0 Å². The molecule has 4 rings (SSSR count). The average molecular weight is 422 g/mol. The van der Waals surface area contributed by atoms with Gasteiger partial charge in [0, 0.05) is 13.1 Å². The molecule has 4 nitrogen and oxygen atoms in total. The van der Waals surface area contributed by atoms with Crippen molar-refractivity contribution in [3.8, 4) is 11.5 Å². The Labute approximate surface area is 179 Å². The van der Waals surface area contributed by atoms with Gasteiger partial charge in [0.05, 0.1) is 4.90 Å². The number of hydrogen-bond donors (Lipinski definition) is 0. The van der Waals surface area contributed by atoms with Crippen LogP contribution in [0.3, 0.4) is 0 Å². The van der Waals surface area contributed by atoms with Crippen LogP contribution in [0.1, 0.15) is 24.0 Å². The molecule has 0 saturated carbocycles. The van der Waals surface area contributed by atoms with Gasteiger partial charge in [-0.1, -0.05) is 48.5 Å². The zero-order valence-corrected chi connectivity index (χ0v) is 18.0. The molecule has 3 aromatic rings. The van der Waals surface area contributed by atoms with Gasteiger partial charge in [-0.2, -0.15) is 4.31 Å². The predicted molar refractivity (Wildman–Crippen MR) is 119 cm³/mol. The summed E-state index contributed by atoms with van der Waals surface area (Å²) < 4.78 is 33.6. The summed E-state index contributed by atoms with van der Waals surface area (Å²) in [6.45, 7) is 3.12. The molecule has 3 aromatic carbocycles. The van der Waals surface area contributed by atoms with Gasteiger partial charge in [-0.15, -0.1) is 0 Å². The van der Waals surface area contributed by atoms with Gasteiger partial charge < -0.3 is 4.74 Å². The van der Waals surface area contributed by atoms with Crippen molar-refractivity contribution in [2.75, 3.05) is 13.1 Å². The van der Waals surface area contributed by atoms with Crippen LogP contribution < -0.4 is 4.74 Å². The Balaban J connectivity index is 1.38. The smallest absolute Gasteiger partial charge is 0.243 e. The number of aryl methyl sites for hydroxylation is 1. The minimum absolute atomic E-state index is 0.321. The van der Waals surface area contributed by atoms with E-state index < -0.39 is 10.0 Å². The second kappa shape index (κ2) is 9.02. The first-order valence-corrected chi connectivity index (χ1v) is 11.8. The molecular weight excluding hydrogens is 394 g/mol. The summed E-state index contributed by atoms with van der Waals surface area (Å²) >= 11 is 0. The molecule has 0 aromatic heterocycles. The number of nitrogens with zero attached hydrogens (tertiary/aromatic N) is 1. The zero-order valence-electron chi connectivity index (χ0n) is 17.2. The van der Waals surface area contributed by atoms with Gasteiger partial charge in [-0.3, -0.25) is 0 Å². The summed E-state index contributed by atoms with van der Waals surface area (Å²) in [6.07, 6.45) is 2.80. The molecule has 30 heavy (non-hydrogen) atoms. The first-order chi connectivity index (χ1) is 14.5. The van der Waals surface area contributed by atoms with Crippen LogP contribution >= 0.6 is 0 Å². The minimum Gasteiger partial charge on any atom is -0.457 e. The van der Waals surface area contributed by atoms with Gasteiger partial charge in [0.1, 0.15) is 11.5 Å². The van der Waals surface area contributed by atoms with Crippen LogP contribution in [-0.4, -0.2) is 25.8 Å². The van der Waals surface area contributed by atoms with Crippen molar-refractivity contribution < 1.29 is 13.2 Å². The lowest BCUT2D eigenvalue weighted by atomic mass is 9.91. The zero-order chi connectivity index (χ0) is 21.0. The summed E-state index contributed by atoms with van der Waals surface area (Å²) in [6, 6.07) is 24.9. The molecule has 0 aliphatic carbocycles. The van der Waals surface area contributed by atoms with Gasteiger partial charge in [-0.05, 0) is 73.6 Å². The molecule has 1 aliphatic heterocycles. The van der Waals surface area contributed by atoms with Crippen molar-refractivity contribution in [3.63, 3.8) is 0 Å². The Bertz CT molecular complexity index is 1070. The van der Waals surface area contributed by atoms with Crippen LogP contribution in [-0.2, 0) is 16.4 Å². The maximum atomic E-state index is 13.1. The molecule has 0 amide bonds. The second-order valence-corrected chi connectivity index (χ2v) is 9.81. The number of piperidine rings is 1. The predicted octanol–water partition coefficient (Wildman–Crippen LogP) is 5.43. The Kier molecular flexibility index (Phi) is 6.21. The van der Waals surface area contributed by atoms with Crippen LogP contribution in [0.2, 0.25) is 0 Å². The minimum atomic E-state index is -3.48. The number of benzene rings is 3. The topological polar surface area (TPSA) is 46.6 Å². The molecule has 0 N–H and O–H groups in total. The van der Waals surface area contributed by atoms with Crippen molar-refractivity contribution in [3.05, 3.63) is 90.0 Å². The van der Waals surface area contributed by atoms with Gasteiger partial charge >= 0.3 is 0 Å². The van der Waals surface area contributed by atoms with Crippen molar-refractivity contribution in [1.82, 2.24) is 4.31 Å². The molecule has 1 heterocycles. The van der Waals surface area contributed by atoms with Crippen LogP contribution in [0.15, 0.2) is 83.8 Å². The molecule has 0 radical (unpaired) electrons. The van der Waals surface area contributed by atoms with Gasteiger partial charge in [-0.25, -0.2) is 8.42 Å². The highest BCUT2D eigenvalue weighted by molar-refractivity contribution is 7.89. The monoisotopic (exact) mass is 421 g/mol. The fourth-order valence-corrected chi connectivity index (χ4v) is 5.40. The maximum Gasteiger partial charge on any atom is 0.243 e. The number of para-hydroxylation sites is 1. The van der Waals surface area contributed by atoms with E-state index in [1.807, 2.05) is 37.3 Å². The molecule has 1 aliphatic rings. The molecule has 1 fully saturated rings. The van der Waals surface area contributed by atoms with E-state index in [0.29, 0.717) is 29.7 Å². The Hall–Kier alpha value is -2.63. The number of rotatable bonds is 6. The van der Waals surface area contributed by atoms with Crippen molar-refractivity contribution in [2.45, 2.75) is 31.1 Å². The lowest BCUT2D eigenvalue weighted by Crippen LogP contribution is -2.38. The summed E-state index contributed by atoms with van der Waals surface area (Å²) in [4.78, 5) is 0.321. The first kappa shape index (κ1) is 20.6. The van der Waals surface area contributed by atoms with E-state index in [0.717, 1.165) is 30.6 Å². The summed E-state index contributed by atoms with van der Waals surface area (Å²) in [5, 5.41) is 0. The quantitative estimate of drug-likeness (QED) is 0.533. The van der Waals surface area contributed by atoms with E-state index in [4.69, 9.17) is 4.74 Å². The Morgan fingerprint density at radius 2 is 1.50 bits per heavy atom. The molecular formula is C25H27NO3S. The molecule has 0 bridgehead atoms. The number of hydrogen-bond acceptors (Lipinski definition) is 3. The van der Waals surface area contributed by atoms with E-state index in [1.54, 1.807) is 28.6 Å². The lowest BCUT2D eigenvalue weighted by molar-refractivity contribution is 0.273. The summed E-state index contributed by atoms with van der Waals surface area (Å²) in [5.41, 5.74) is 2.36. The summed E-state index contributed by atoms with van der Waals surface area (Å²) in [5.74, 6) is 1.93. The third kappa shape index (κ3) is 4.74. The van der Waals surface area contributed by atoms with Crippen LogP contribution in [0, 0.1) is 12.8 Å². The Morgan fingerprint density at radius 1 is 0.867 bits per heavy atom. The fraction of sp³-hybridized carbons (Fsp3) is 0.280. The van der Waals surface area contributed by atoms with Gasteiger partial charge in [0.25, 0.3) is 0 Å². The van der Waals surface area contributed by atoms with E-state index >= 15 is 0 Å². The Morgan fingerprint density at radius 3 is 2.17 bits per heavy atom. The van der Waals surface area contributed by atoms with E-state index in [-0.39, 0.29) is 0 Å². The molecule has 156 valence electrons. The van der Waals surface area contributed by atoms with Crippen LogP contribution in [0.25, 0.3) is 0 Å². The van der Waals surface area contributed by atoms with Crippen molar-refractivity contribution >= 4 is 10.0 Å². The molecule has 0 atom stereocenters. The van der Waals surface area contributed by atoms with Crippen LogP contribution in [0.4, 0.5) is 0 Å². The third-order valence-corrected chi connectivity index (χ3v) is 7.64. The third-order valence-electron chi connectivity index (χ3n) is 5.72. The highest BCUT2D eigenvalue weighted by Gasteiger charge is 2.29. The lowest BCUT2D eigenvalue weighted by Gasteiger charge is -2.31. The fourth-order valence-electron chi connectivity index (χ4n) is 3.93. The molecule has 1 saturated heterocycles. The normalized spacial score (nSPS) is 15.8. The maximum absolute atomic E-state index is 13.1. The molecule has 5 heteroatoms. The van der Waals surface area contributed by atoms with Gasteiger partial charge in [0.2, 0.25) is 10.0 Å². The highest BCUT2D eigenvalue weighted by atomic mass is 32.2. The van der Waals surface area contributed by atoms with E-state index in [9.17, 15) is 8.42 Å². The first-order valence-electron chi connectivity index (χ1n) is 10.4. The van der Waals surface area contributed by atoms with Crippen molar-refractivity contribution in [2.24, 2.45) is 5.92 Å². The number of ether oxygens (including phenoxy) is 1. The SMILES string of the molecule is Cc1ccccc1Oc1ccc(S(=O)(=O)N2CCC(Cc3ccccc3)CC2)cc1. The number of sulfonamides is 1. The van der Waals surface area contributed by atoms with E-state index in [1.165, 1.54) is 5.56 Å². The molecule has 0 unspecified atom stereocenters.